The van der Waals surface area contributed by atoms with E-state index in [1.54, 1.807) is 30.3 Å². The molecule has 0 saturated carbocycles. The molecule has 0 aliphatic heterocycles. The van der Waals surface area contributed by atoms with Gasteiger partial charge in [-0.3, -0.25) is 9.59 Å². The summed E-state index contributed by atoms with van der Waals surface area (Å²) in [5, 5.41) is 24.7. The molecule has 0 aromatic heterocycles. The van der Waals surface area contributed by atoms with E-state index < -0.39 is 11.7 Å². The van der Waals surface area contributed by atoms with Gasteiger partial charge in [0.25, 0.3) is 5.91 Å². The van der Waals surface area contributed by atoms with Gasteiger partial charge in [0.05, 0.1) is 11.1 Å². The molecular formula is C25H19NO4. The molecule has 4 aromatic rings. The third-order valence-electron chi connectivity index (χ3n) is 4.91. The number of phenolic OH excluding ortho intramolecular Hbond substituents is 2. The number of amides is 1. The second kappa shape index (κ2) is 7.72. The van der Waals surface area contributed by atoms with Crippen LogP contribution in [0.1, 0.15) is 31.8 Å². The topological polar surface area (TPSA) is 86.6 Å². The predicted molar refractivity (Wildman–Crippen MR) is 116 cm³/mol. The maximum atomic E-state index is 13.2. The number of hydrogen-bond acceptors (Lipinski definition) is 4. The van der Waals surface area contributed by atoms with Crippen LogP contribution in [0.3, 0.4) is 0 Å². The Labute approximate surface area is 173 Å². The van der Waals surface area contributed by atoms with Crippen LogP contribution in [-0.4, -0.2) is 21.9 Å². The van der Waals surface area contributed by atoms with Crippen LogP contribution in [0, 0.1) is 6.92 Å². The van der Waals surface area contributed by atoms with Crippen molar-refractivity contribution < 1.29 is 19.8 Å². The highest BCUT2D eigenvalue weighted by Crippen LogP contribution is 2.30. The van der Waals surface area contributed by atoms with Crippen LogP contribution < -0.4 is 5.32 Å². The van der Waals surface area contributed by atoms with Gasteiger partial charge in [0, 0.05) is 11.3 Å². The molecule has 5 nitrogen and oxygen atoms in total. The van der Waals surface area contributed by atoms with Crippen LogP contribution in [0.15, 0.2) is 78.9 Å². The maximum absolute atomic E-state index is 13.2. The highest BCUT2D eigenvalue weighted by Gasteiger charge is 2.20. The number of nitrogens with one attached hydrogen (secondary N) is 1. The number of carbonyl (C=O) groups is 2. The zero-order chi connectivity index (χ0) is 21.3. The molecule has 30 heavy (non-hydrogen) atoms. The van der Waals surface area contributed by atoms with Crippen molar-refractivity contribution in [1.29, 1.82) is 0 Å². The van der Waals surface area contributed by atoms with Gasteiger partial charge in [-0.25, -0.2) is 0 Å². The lowest BCUT2D eigenvalue weighted by molar-refractivity contribution is 0.102. The minimum Gasteiger partial charge on any atom is -0.507 e. The number of anilines is 1. The molecule has 0 fully saturated rings. The van der Waals surface area contributed by atoms with Gasteiger partial charge in [-0.2, -0.15) is 0 Å². The molecular weight excluding hydrogens is 378 g/mol. The fraction of sp³-hybridized carbons (Fsp3) is 0.0400. The van der Waals surface area contributed by atoms with Crippen molar-refractivity contribution >= 4 is 28.2 Å². The van der Waals surface area contributed by atoms with Crippen LogP contribution in [-0.2, 0) is 0 Å². The van der Waals surface area contributed by atoms with E-state index in [0.717, 1.165) is 10.9 Å². The second-order valence-electron chi connectivity index (χ2n) is 7.07. The average Bonchev–Trinajstić information content (AvgIpc) is 2.73. The first-order valence-corrected chi connectivity index (χ1v) is 9.40. The standard InChI is InChI=1S/C25H19NO4/c1-15-5-4-7-18(13-15)26-25(30)20-14-17(10-11-21(20)27)24(29)23-19-8-3-2-6-16(19)9-12-22(23)28/h2-14,27-28H,1H3,(H,26,30). The molecule has 148 valence electrons. The van der Waals surface area contributed by atoms with Gasteiger partial charge in [-0.1, -0.05) is 42.5 Å². The molecule has 4 rings (SSSR count). The molecule has 0 saturated heterocycles. The fourth-order valence-electron chi connectivity index (χ4n) is 3.42. The number of aromatic hydroxyl groups is 2. The zero-order valence-electron chi connectivity index (χ0n) is 16.2. The number of aryl methyl sites for hydroxylation is 1. The number of benzene rings is 4. The van der Waals surface area contributed by atoms with Crippen LogP contribution in [0.25, 0.3) is 10.8 Å². The summed E-state index contributed by atoms with van der Waals surface area (Å²) >= 11 is 0. The third-order valence-corrected chi connectivity index (χ3v) is 4.91. The Hall–Kier alpha value is -4.12. The summed E-state index contributed by atoms with van der Waals surface area (Å²) in [4.78, 5) is 25.9. The molecule has 0 aliphatic rings. The van der Waals surface area contributed by atoms with Crippen molar-refractivity contribution in [2.24, 2.45) is 0 Å². The number of hydrogen-bond donors (Lipinski definition) is 3. The Balaban J connectivity index is 1.72. The van der Waals surface area contributed by atoms with Crippen LogP contribution in [0.4, 0.5) is 5.69 Å². The monoisotopic (exact) mass is 397 g/mol. The molecule has 0 bridgehead atoms. The van der Waals surface area contributed by atoms with Crippen molar-refractivity contribution in [2.75, 3.05) is 5.32 Å². The molecule has 3 N–H and O–H groups in total. The van der Waals surface area contributed by atoms with Crippen molar-refractivity contribution in [1.82, 2.24) is 0 Å². The van der Waals surface area contributed by atoms with Crippen LogP contribution >= 0.6 is 0 Å². The van der Waals surface area contributed by atoms with Crippen molar-refractivity contribution in [3.05, 3.63) is 101 Å². The average molecular weight is 397 g/mol. The third kappa shape index (κ3) is 3.61. The quantitative estimate of drug-likeness (QED) is 0.421. The lowest BCUT2D eigenvalue weighted by atomic mass is 9.95. The zero-order valence-corrected chi connectivity index (χ0v) is 16.2. The van der Waals surface area contributed by atoms with Crippen molar-refractivity contribution in [2.45, 2.75) is 6.92 Å². The Morgan fingerprint density at radius 2 is 1.57 bits per heavy atom. The summed E-state index contributed by atoms with van der Waals surface area (Å²) in [6, 6.07) is 21.8. The minimum absolute atomic E-state index is 0.0258. The van der Waals surface area contributed by atoms with Gasteiger partial charge in [0.15, 0.2) is 5.78 Å². The summed E-state index contributed by atoms with van der Waals surface area (Å²) in [6.07, 6.45) is 0. The van der Waals surface area contributed by atoms with E-state index >= 15 is 0 Å². The van der Waals surface area contributed by atoms with Crippen molar-refractivity contribution in [3.8, 4) is 11.5 Å². The van der Waals surface area contributed by atoms with E-state index in [1.807, 2.05) is 31.2 Å². The highest BCUT2D eigenvalue weighted by molar-refractivity contribution is 6.19. The van der Waals surface area contributed by atoms with E-state index in [1.165, 1.54) is 24.3 Å². The first-order chi connectivity index (χ1) is 14.4. The van der Waals surface area contributed by atoms with Gasteiger partial charge in [0.2, 0.25) is 0 Å². The molecule has 5 heteroatoms. The smallest absolute Gasteiger partial charge is 0.259 e. The summed E-state index contributed by atoms with van der Waals surface area (Å²) in [6.45, 7) is 1.91. The van der Waals surface area contributed by atoms with Gasteiger partial charge in [0.1, 0.15) is 11.5 Å². The lowest BCUT2D eigenvalue weighted by Gasteiger charge is -2.11. The number of fused-ring (bicyclic) bond motifs is 1. The van der Waals surface area contributed by atoms with Gasteiger partial charge >= 0.3 is 0 Å². The predicted octanol–water partition coefficient (Wildman–Crippen LogP) is 5.04. The van der Waals surface area contributed by atoms with E-state index in [9.17, 15) is 19.8 Å². The summed E-state index contributed by atoms with van der Waals surface area (Å²) in [7, 11) is 0. The Bertz CT molecular complexity index is 1290. The molecule has 0 heterocycles. The largest absolute Gasteiger partial charge is 0.507 e. The normalized spacial score (nSPS) is 10.7. The van der Waals surface area contributed by atoms with E-state index in [0.29, 0.717) is 11.1 Å². The maximum Gasteiger partial charge on any atom is 0.259 e. The minimum atomic E-state index is -0.533. The second-order valence-corrected chi connectivity index (χ2v) is 7.07. The van der Waals surface area contributed by atoms with Gasteiger partial charge in [-0.05, 0) is 59.7 Å². The van der Waals surface area contributed by atoms with Gasteiger partial charge in [-0.15, -0.1) is 0 Å². The molecule has 0 atom stereocenters. The van der Waals surface area contributed by atoms with Gasteiger partial charge < -0.3 is 15.5 Å². The van der Waals surface area contributed by atoms with E-state index in [2.05, 4.69) is 5.32 Å². The first-order valence-electron chi connectivity index (χ1n) is 9.40. The van der Waals surface area contributed by atoms with E-state index in [4.69, 9.17) is 0 Å². The summed E-state index contributed by atoms with van der Waals surface area (Å²) in [5.41, 5.74) is 1.88. The number of phenols is 2. The van der Waals surface area contributed by atoms with Crippen LogP contribution in [0.5, 0.6) is 11.5 Å². The summed E-state index contributed by atoms with van der Waals surface area (Å²) in [5.74, 6) is -1.35. The number of rotatable bonds is 4. The Kier molecular flexibility index (Phi) is 4.94. The molecule has 4 aromatic carbocycles. The molecule has 0 unspecified atom stereocenters. The Morgan fingerprint density at radius 1 is 0.800 bits per heavy atom. The number of ketones is 1. The van der Waals surface area contributed by atoms with Crippen molar-refractivity contribution in [3.63, 3.8) is 0 Å². The molecule has 0 radical (unpaired) electrons. The Morgan fingerprint density at radius 3 is 2.37 bits per heavy atom. The molecule has 0 aliphatic carbocycles. The molecule has 1 amide bonds. The van der Waals surface area contributed by atoms with E-state index in [-0.39, 0.29) is 28.2 Å². The number of carbonyl (C=O) groups excluding carboxylic acids is 2. The lowest BCUT2D eigenvalue weighted by Crippen LogP contribution is -2.13. The molecule has 0 spiro atoms. The SMILES string of the molecule is Cc1cccc(NC(=O)c2cc(C(=O)c3c(O)ccc4ccccc34)ccc2O)c1. The van der Waals surface area contributed by atoms with Crippen LogP contribution in [0.2, 0.25) is 0 Å². The fourth-order valence-corrected chi connectivity index (χ4v) is 3.42. The first kappa shape index (κ1) is 19.2. The summed E-state index contributed by atoms with van der Waals surface area (Å²) < 4.78 is 0. The highest BCUT2D eigenvalue weighted by atomic mass is 16.3.